The minimum absolute atomic E-state index is 1.02. The molecular weight excluding hydrogens is 238 g/mol. The lowest BCUT2D eigenvalue weighted by Crippen LogP contribution is -2.34. The summed E-state index contributed by atoms with van der Waals surface area (Å²) in [5.41, 5.74) is 2.74. The topological polar surface area (TPSA) is 3.88 Å². The second kappa shape index (κ2) is 4.91. The quantitative estimate of drug-likeness (QED) is 0.626. The molecule has 0 aliphatic rings. The second-order valence-electron chi connectivity index (χ2n) is 4.37. The summed E-state index contributed by atoms with van der Waals surface area (Å²) in [6, 6.07) is 19.3. The number of rotatable bonds is 3. The third-order valence-corrected chi connectivity index (χ3v) is 4.36. The van der Waals surface area contributed by atoms with E-state index in [0.29, 0.717) is 0 Å². The van der Waals surface area contributed by atoms with Crippen LogP contribution in [-0.4, -0.2) is 0 Å². The molecule has 0 saturated carbocycles. The molecule has 0 N–H and O–H groups in total. The van der Waals surface area contributed by atoms with E-state index in [9.17, 15) is 0 Å². The standard InChI is InChI=1S/C16H16NS/c1-2-17-14-10-6-7-11-15(14)18-16(17)12-13-8-4-3-5-9-13/h3-11H,2,12H2,1H3/q+1. The highest BCUT2D eigenvalue weighted by Crippen LogP contribution is 2.22. The fourth-order valence-electron chi connectivity index (χ4n) is 2.33. The van der Waals surface area contributed by atoms with Gasteiger partial charge < -0.3 is 0 Å². The minimum atomic E-state index is 1.02. The highest BCUT2D eigenvalue weighted by Gasteiger charge is 2.18. The molecule has 0 aliphatic heterocycles. The van der Waals surface area contributed by atoms with E-state index in [-0.39, 0.29) is 0 Å². The number of nitrogens with zero attached hydrogens (tertiary/aromatic N) is 1. The molecule has 0 aliphatic carbocycles. The zero-order chi connectivity index (χ0) is 12.4. The Hall–Kier alpha value is -1.67. The van der Waals surface area contributed by atoms with Gasteiger partial charge in [-0.1, -0.05) is 53.8 Å². The maximum Gasteiger partial charge on any atom is 0.242 e. The van der Waals surface area contributed by atoms with E-state index >= 15 is 0 Å². The molecule has 1 heterocycles. The molecule has 0 unspecified atom stereocenters. The number of aromatic nitrogens is 1. The van der Waals surface area contributed by atoms with Crippen LogP contribution in [0.5, 0.6) is 0 Å². The average Bonchev–Trinajstić information content (AvgIpc) is 2.77. The van der Waals surface area contributed by atoms with Crippen LogP contribution in [0.4, 0.5) is 0 Å². The maximum atomic E-state index is 2.42. The Labute approximate surface area is 111 Å². The molecule has 18 heavy (non-hydrogen) atoms. The predicted octanol–water partition coefficient (Wildman–Crippen LogP) is 3.80. The van der Waals surface area contributed by atoms with Gasteiger partial charge in [0, 0.05) is 6.07 Å². The predicted molar refractivity (Wildman–Crippen MR) is 76.9 cm³/mol. The monoisotopic (exact) mass is 254 g/mol. The molecule has 3 aromatic rings. The molecule has 1 aromatic heterocycles. The highest BCUT2D eigenvalue weighted by atomic mass is 32.1. The third-order valence-electron chi connectivity index (χ3n) is 3.20. The number of benzene rings is 2. The van der Waals surface area contributed by atoms with Crippen molar-refractivity contribution in [3.63, 3.8) is 0 Å². The molecular formula is C16H16NS+. The summed E-state index contributed by atoms with van der Waals surface area (Å²) in [7, 11) is 0. The molecule has 0 bridgehead atoms. The van der Waals surface area contributed by atoms with Gasteiger partial charge in [0.25, 0.3) is 0 Å². The summed E-state index contributed by atoms with van der Waals surface area (Å²) in [5.74, 6) is 0. The van der Waals surface area contributed by atoms with E-state index in [1.807, 2.05) is 11.3 Å². The van der Waals surface area contributed by atoms with Gasteiger partial charge in [0.2, 0.25) is 10.5 Å². The van der Waals surface area contributed by atoms with Gasteiger partial charge in [-0.05, 0) is 18.6 Å². The van der Waals surface area contributed by atoms with Gasteiger partial charge in [0.15, 0.2) is 0 Å². The minimum Gasteiger partial charge on any atom is -0.186 e. The first-order chi connectivity index (χ1) is 8.88. The number of fused-ring (bicyclic) bond motifs is 1. The van der Waals surface area contributed by atoms with Gasteiger partial charge in [-0.25, -0.2) is 0 Å². The number of thiazole rings is 1. The van der Waals surface area contributed by atoms with E-state index in [0.717, 1.165) is 13.0 Å². The van der Waals surface area contributed by atoms with Crippen molar-refractivity contribution in [3.8, 4) is 0 Å². The van der Waals surface area contributed by atoms with Crippen molar-refractivity contribution in [1.29, 1.82) is 0 Å². The van der Waals surface area contributed by atoms with Crippen LogP contribution >= 0.6 is 11.3 Å². The fourth-order valence-corrected chi connectivity index (χ4v) is 3.59. The number of hydrogen-bond donors (Lipinski definition) is 0. The first kappa shape index (κ1) is 11.4. The van der Waals surface area contributed by atoms with Crippen molar-refractivity contribution in [2.24, 2.45) is 0 Å². The lowest BCUT2D eigenvalue weighted by Gasteiger charge is -1.97. The first-order valence-electron chi connectivity index (χ1n) is 6.32. The number of hydrogen-bond acceptors (Lipinski definition) is 1. The van der Waals surface area contributed by atoms with Gasteiger partial charge in [0.1, 0.15) is 11.2 Å². The Morgan fingerprint density at radius 1 is 0.944 bits per heavy atom. The van der Waals surface area contributed by atoms with E-state index in [1.165, 1.54) is 20.8 Å². The van der Waals surface area contributed by atoms with Crippen LogP contribution in [0, 0.1) is 0 Å². The van der Waals surface area contributed by atoms with Crippen LogP contribution < -0.4 is 4.57 Å². The molecule has 0 fully saturated rings. The third kappa shape index (κ3) is 2.04. The Bertz CT molecular complexity index is 655. The van der Waals surface area contributed by atoms with E-state index < -0.39 is 0 Å². The average molecular weight is 254 g/mol. The van der Waals surface area contributed by atoms with Crippen molar-refractivity contribution in [3.05, 3.63) is 65.2 Å². The molecule has 90 valence electrons. The van der Waals surface area contributed by atoms with Gasteiger partial charge in [-0.15, -0.1) is 0 Å². The second-order valence-corrected chi connectivity index (χ2v) is 5.49. The van der Waals surface area contributed by atoms with Gasteiger partial charge in [0.05, 0.1) is 6.42 Å². The molecule has 2 aromatic carbocycles. The molecule has 2 heteroatoms. The van der Waals surface area contributed by atoms with Crippen LogP contribution in [0.3, 0.4) is 0 Å². The van der Waals surface area contributed by atoms with Crippen molar-refractivity contribution in [2.75, 3.05) is 0 Å². The highest BCUT2D eigenvalue weighted by molar-refractivity contribution is 7.18. The summed E-state index contributed by atoms with van der Waals surface area (Å²) in [5, 5.41) is 1.44. The van der Waals surface area contributed by atoms with Gasteiger partial charge in [-0.3, -0.25) is 0 Å². The number of aryl methyl sites for hydroxylation is 1. The summed E-state index contributed by atoms with van der Waals surface area (Å²) < 4.78 is 3.80. The molecule has 1 nitrogen and oxygen atoms in total. The molecule has 0 radical (unpaired) electrons. The Morgan fingerprint density at radius 2 is 1.67 bits per heavy atom. The van der Waals surface area contributed by atoms with Crippen molar-refractivity contribution < 1.29 is 4.57 Å². The first-order valence-corrected chi connectivity index (χ1v) is 7.14. The SMILES string of the molecule is CC[n+]1c(Cc2ccccc2)sc2ccccc21. The molecule has 0 saturated heterocycles. The lowest BCUT2D eigenvalue weighted by molar-refractivity contribution is -0.670. The summed E-state index contributed by atoms with van der Waals surface area (Å²) in [6.07, 6.45) is 1.02. The molecule has 0 atom stereocenters. The number of para-hydroxylation sites is 1. The van der Waals surface area contributed by atoms with Crippen molar-refractivity contribution in [1.82, 2.24) is 0 Å². The van der Waals surface area contributed by atoms with E-state index in [1.54, 1.807) is 0 Å². The maximum absolute atomic E-state index is 2.42. The van der Waals surface area contributed by atoms with Gasteiger partial charge >= 0.3 is 0 Å². The molecule has 0 spiro atoms. The van der Waals surface area contributed by atoms with Crippen LogP contribution in [0.25, 0.3) is 10.2 Å². The smallest absolute Gasteiger partial charge is 0.186 e. The van der Waals surface area contributed by atoms with Crippen LogP contribution in [-0.2, 0) is 13.0 Å². The lowest BCUT2D eigenvalue weighted by atomic mass is 10.1. The van der Waals surface area contributed by atoms with Crippen molar-refractivity contribution >= 4 is 21.6 Å². The van der Waals surface area contributed by atoms with Crippen LogP contribution in [0.15, 0.2) is 54.6 Å². The van der Waals surface area contributed by atoms with E-state index in [2.05, 4.69) is 66.1 Å². The van der Waals surface area contributed by atoms with E-state index in [4.69, 9.17) is 0 Å². The van der Waals surface area contributed by atoms with Crippen LogP contribution in [0.2, 0.25) is 0 Å². The largest absolute Gasteiger partial charge is 0.242 e. The normalized spacial score (nSPS) is 10.9. The Morgan fingerprint density at radius 3 is 2.44 bits per heavy atom. The summed E-state index contributed by atoms with van der Waals surface area (Å²) in [4.78, 5) is 0. The Balaban J connectivity index is 2.06. The molecule has 0 amide bonds. The summed E-state index contributed by atoms with van der Waals surface area (Å²) >= 11 is 1.91. The Kier molecular flexibility index (Phi) is 3.11. The fraction of sp³-hybridized carbons (Fsp3) is 0.188. The van der Waals surface area contributed by atoms with Crippen molar-refractivity contribution in [2.45, 2.75) is 19.9 Å². The van der Waals surface area contributed by atoms with Gasteiger partial charge in [-0.2, -0.15) is 4.57 Å². The van der Waals surface area contributed by atoms with Crippen LogP contribution in [0.1, 0.15) is 17.5 Å². The zero-order valence-electron chi connectivity index (χ0n) is 10.5. The zero-order valence-corrected chi connectivity index (χ0v) is 11.3. The summed E-state index contributed by atoms with van der Waals surface area (Å²) in [6.45, 7) is 3.25. The molecule has 3 rings (SSSR count).